The molecule has 1 N–H and O–H groups in total. The van der Waals surface area contributed by atoms with E-state index in [1.54, 1.807) is 11.3 Å². The molecule has 0 bridgehead atoms. The minimum Gasteiger partial charge on any atom is -0.395 e. The second-order valence-corrected chi connectivity index (χ2v) is 7.94. The molecule has 1 saturated carbocycles. The highest BCUT2D eigenvalue weighted by atomic mass is 79.9. The summed E-state index contributed by atoms with van der Waals surface area (Å²) in [5.41, 5.74) is 0. The Morgan fingerprint density at radius 3 is 2.71 bits per heavy atom. The molecule has 0 saturated heterocycles. The Labute approximate surface area is 138 Å². The van der Waals surface area contributed by atoms with Crippen molar-refractivity contribution in [1.29, 1.82) is 0 Å². The molecule has 0 spiro atoms. The average molecular weight is 375 g/mol. The van der Waals surface area contributed by atoms with E-state index in [2.05, 4.69) is 26.9 Å². The molecule has 1 amide bonds. The van der Waals surface area contributed by atoms with E-state index in [1.807, 2.05) is 17.9 Å². The Morgan fingerprint density at radius 2 is 2.24 bits per heavy atom. The number of thiophene rings is 1. The molecule has 1 fully saturated rings. The first-order valence-corrected chi connectivity index (χ1v) is 9.12. The van der Waals surface area contributed by atoms with Crippen LogP contribution in [0.3, 0.4) is 0 Å². The second kappa shape index (κ2) is 8.27. The van der Waals surface area contributed by atoms with Crippen LogP contribution in [-0.2, 0) is 11.3 Å². The van der Waals surface area contributed by atoms with Gasteiger partial charge in [0.25, 0.3) is 0 Å². The summed E-state index contributed by atoms with van der Waals surface area (Å²) in [4.78, 5) is 17.7. The minimum atomic E-state index is 0.119. The number of aliphatic hydroxyl groups excluding tert-OH is 1. The van der Waals surface area contributed by atoms with Crippen LogP contribution in [0.5, 0.6) is 0 Å². The fourth-order valence-electron chi connectivity index (χ4n) is 2.55. The van der Waals surface area contributed by atoms with E-state index in [-0.39, 0.29) is 12.5 Å². The van der Waals surface area contributed by atoms with Crippen LogP contribution in [0.1, 0.15) is 31.1 Å². The van der Waals surface area contributed by atoms with E-state index in [0.717, 1.165) is 16.6 Å². The van der Waals surface area contributed by atoms with Crippen LogP contribution in [0.4, 0.5) is 0 Å². The maximum Gasteiger partial charge on any atom is 0.237 e. The van der Waals surface area contributed by atoms with Gasteiger partial charge < -0.3 is 10.0 Å². The van der Waals surface area contributed by atoms with Crippen LogP contribution in [0.15, 0.2) is 15.9 Å². The van der Waals surface area contributed by atoms with Gasteiger partial charge in [-0.1, -0.05) is 6.42 Å². The van der Waals surface area contributed by atoms with Crippen LogP contribution in [0.25, 0.3) is 0 Å². The molecule has 0 radical (unpaired) electrons. The third-order valence-electron chi connectivity index (χ3n) is 4.03. The summed E-state index contributed by atoms with van der Waals surface area (Å²) in [6.45, 7) is 4.54. The van der Waals surface area contributed by atoms with Crippen molar-refractivity contribution >= 4 is 33.2 Å². The zero-order chi connectivity index (χ0) is 15.2. The van der Waals surface area contributed by atoms with Crippen LogP contribution in [-0.4, -0.2) is 53.1 Å². The highest BCUT2D eigenvalue weighted by Crippen LogP contribution is 2.25. The lowest BCUT2D eigenvalue weighted by atomic mass is 9.91. The van der Waals surface area contributed by atoms with Crippen molar-refractivity contribution in [3.05, 3.63) is 20.8 Å². The number of amides is 1. The lowest BCUT2D eigenvalue weighted by Gasteiger charge is -2.37. The van der Waals surface area contributed by atoms with Crippen LogP contribution in [0.2, 0.25) is 0 Å². The molecule has 0 aromatic carbocycles. The van der Waals surface area contributed by atoms with Crippen molar-refractivity contribution < 1.29 is 9.90 Å². The average Bonchev–Trinajstić information content (AvgIpc) is 2.79. The smallest absolute Gasteiger partial charge is 0.237 e. The van der Waals surface area contributed by atoms with Crippen molar-refractivity contribution in [3.8, 4) is 0 Å². The summed E-state index contributed by atoms with van der Waals surface area (Å²) < 4.78 is 1.09. The Balaban J connectivity index is 1.91. The summed E-state index contributed by atoms with van der Waals surface area (Å²) in [7, 11) is 0. The molecule has 118 valence electrons. The highest BCUT2D eigenvalue weighted by Gasteiger charge is 2.27. The number of carbonyl (C=O) groups excluding carboxylic acids is 1. The van der Waals surface area contributed by atoms with Crippen LogP contribution < -0.4 is 0 Å². The zero-order valence-corrected chi connectivity index (χ0v) is 14.8. The Morgan fingerprint density at radius 1 is 1.48 bits per heavy atom. The predicted molar refractivity (Wildman–Crippen MR) is 89.4 cm³/mol. The number of likely N-dealkylation sites (N-methyl/N-ethyl adjacent to an activating group) is 1. The van der Waals surface area contributed by atoms with Gasteiger partial charge in [0.2, 0.25) is 5.91 Å². The van der Waals surface area contributed by atoms with Gasteiger partial charge in [-0.05, 0) is 47.8 Å². The molecular weight excluding hydrogens is 352 g/mol. The normalized spacial score (nSPS) is 15.2. The number of hydrogen-bond donors (Lipinski definition) is 1. The topological polar surface area (TPSA) is 43.8 Å². The predicted octanol–water partition coefficient (Wildman–Crippen LogP) is 2.71. The monoisotopic (exact) mass is 374 g/mol. The van der Waals surface area contributed by atoms with Gasteiger partial charge in [0.1, 0.15) is 0 Å². The third kappa shape index (κ3) is 4.77. The summed E-state index contributed by atoms with van der Waals surface area (Å²) in [5, 5.41) is 9.18. The summed E-state index contributed by atoms with van der Waals surface area (Å²) in [6, 6.07) is 4.56. The fourth-order valence-corrected chi connectivity index (χ4v) is 4.04. The Hall–Kier alpha value is -0.430. The largest absolute Gasteiger partial charge is 0.395 e. The lowest BCUT2D eigenvalue weighted by Crippen LogP contribution is -2.47. The molecule has 4 nitrogen and oxygen atoms in total. The molecule has 21 heavy (non-hydrogen) atoms. The van der Waals surface area contributed by atoms with E-state index in [9.17, 15) is 9.90 Å². The van der Waals surface area contributed by atoms with E-state index in [4.69, 9.17) is 0 Å². The summed E-state index contributed by atoms with van der Waals surface area (Å²) in [6.07, 6.45) is 3.54. The Kier molecular flexibility index (Phi) is 6.67. The molecule has 1 aliphatic rings. The number of aliphatic hydroxyl groups is 1. The maximum atomic E-state index is 12.5. The maximum absolute atomic E-state index is 12.5. The summed E-state index contributed by atoms with van der Waals surface area (Å²) in [5.74, 6) is 0.155. The van der Waals surface area contributed by atoms with Gasteiger partial charge in [0.05, 0.1) is 23.5 Å². The second-order valence-electron chi connectivity index (χ2n) is 5.39. The van der Waals surface area contributed by atoms with Gasteiger partial charge in [0.15, 0.2) is 0 Å². The van der Waals surface area contributed by atoms with Crippen LogP contribution in [0, 0.1) is 0 Å². The van der Waals surface area contributed by atoms with E-state index in [1.165, 1.54) is 11.3 Å². The number of halogens is 1. The molecular formula is C15H23BrN2O2S. The number of rotatable bonds is 8. The van der Waals surface area contributed by atoms with Gasteiger partial charge in [-0.25, -0.2) is 0 Å². The molecule has 1 aliphatic carbocycles. The lowest BCUT2D eigenvalue weighted by molar-refractivity contribution is -0.134. The molecule has 1 aromatic heterocycles. The van der Waals surface area contributed by atoms with E-state index in [0.29, 0.717) is 32.2 Å². The van der Waals surface area contributed by atoms with Crippen molar-refractivity contribution in [2.45, 2.75) is 38.8 Å². The molecule has 6 heteroatoms. The summed E-state index contributed by atoms with van der Waals surface area (Å²) >= 11 is 5.13. The zero-order valence-electron chi connectivity index (χ0n) is 12.4. The Bertz CT molecular complexity index is 462. The molecule has 2 rings (SSSR count). The number of nitrogens with zero attached hydrogens (tertiary/aromatic N) is 2. The molecule has 0 aliphatic heterocycles. The van der Waals surface area contributed by atoms with E-state index < -0.39 is 0 Å². The molecule has 1 heterocycles. The SMILES string of the molecule is CCN(Cc1ccc(Br)s1)C(=O)CN(CCO)C1CCC1. The van der Waals surface area contributed by atoms with Crippen molar-refractivity contribution in [3.63, 3.8) is 0 Å². The van der Waals surface area contributed by atoms with Gasteiger partial charge >= 0.3 is 0 Å². The van der Waals surface area contributed by atoms with Crippen molar-refractivity contribution in [1.82, 2.24) is 9.80 Å². The third-order valence-corrected chi connectivity index (χ3v) is 5.64. The molecule has 0 atom stereocenters. The molecule has 0 unspecified atom stereocenters. The molecule has 1 aromatic rings. The quantitative estimate of drug-likeness (QED) is 0.760. The van der Waals surface area contributed by atoms with Crippen LogP contribution >= 0.6 is 27.3 Å². The van der Waals surface area contributed by atoms with Crippen molar-refractivity contribution in [2.75, 3.05) is 26.2 Å². The first-order valence-electron chi connectivity index (χ1n) is 7.51. The minimum absolute atomic E-state index is 0.119. The van der Waals surface area contributed by atoms with E-state index >= 15 is 0 Å². The standard InChI is InChI=1S/C15H23BrN2O2S/c1-2-17(10-13-6-7-14(16)21-13)15(20)11-18(8-9-19)12-4-3-5-12/h6-7,12,19H,2-5,8-11H2,1H3. The van der Waals surface area contributed by atoms with Gasteiger partial charge in [0, 0.05) is 24.0 Å². The van der Waals surface area contributed by atoms with Gasteiger partial charge in [-0.15, -0.1) is 11.3 Å². The number of hydrogen-bond acceptors (Lipinski definition) is 4. The van der Waals surface area contributed by atoms with Gasteiger partial charge in [-0.2, -0.15) is 0 Å². The first-order chi connectivity index (χ1) is 10.1. The first kappa shape index (κ1) is 16.9. The number of carbonyl (C=O) groups is 1. The van der Waals surface area contributed by atoms with Gasteiger partial charge in [-0.3, -0.25) is 9.69 Å². The fraction of sp³-hybridized carbons (Fsp3) is 0.667. The highest BCUT2D eigenvalue weighted by molar-refractivity contribution is 9.11. The van der Waals surface area contributed by atoms with Crippen molar-refractivity contribution in [2.24, 2.45) is 0 Å².